The van der Waals surface area contributed by atoms with Crippen LogP contribution in [0.2, 0.25) is 0 Å². The summed E-state index contributed by atoms with van der Waals surface area (Å²) in [5.41, 5.74) is 1.93. The second-order valence-corrected chi connectivity index (χ2v) is 8.12. The number of hydrogen-bond donors (Lipinski definition) is 1. The molecule has 0 bridgehead atoms. The monoisotopic (exact) mass is 451 g/mol. The number of carbonyl (C=O) groups excluding carboxylic acids is 2. The molecular weight excluding hydrogens is 421 g/mol. The molecule has 2 atom stereocenters. The molecule has 1 unspecified atom stereocenters. The number of ether oxygens (including phenoxy) is 1. The zero-order valence-electron chi connectivity index (χ0n) is 19.3. The van der Waals surface area contributed by atoms with Gasteiger partial charge in [-0.25, -0.2) is 4.39 Å². The molecule has 1 aliphatic heterocycles. The Balaban J connectivity index is 1.82. The summed E-state index contributed by atoms with van der Waals surface area (Å²) in [6.07, 6.45) is 5.52. The van der Waals surface area contributed by atoms with Crippen LogP contribution in [0.15, 0.2) is 47.5 Å². The molecule has 174 valence electrons. The first kappa shape index (κ1) is 24.2. The molecule has 1 N–H and O–H groups in total. The van der Waals surface area contributed by atoms with Crippen LogP contribution in [0.3, 0.4) is 0 Å². The largest absolute Gasteiger partial charge is 0.493 e. The fourth-order valence-electron chi connectivity index (χ4n) is 4.38. The van der Waals surface area contributed by atoms with Crippen molar-refractivity contribution in [3.05, 3.63) is 65.0 Å². The first-order valence-electron chi connectivity index (χ1n) is 11.1. The number of nitrogens with one attached hydrogen (secondary N) is 1. The van der Waals surface area contributed by atoms with Gasteiger partial charge in [0.1, 0.15) is 0 Å². The van der Waals surface area contributed by atoms with Gasteiger partial charge in [0.25, 0.3) is 11.8 Å². The maximum Gasteiger partial charge on any atom is 0.258 e. The predicted octanol–water partition coefficient (Wildman–Crippen LogP) is 4.87. The van der Waals surface area contributed by atoms with Crippen LogP contribution in [0.1, 0.15) is 53.0 Å². The Bertz CT molecular complexity index is 1070. The standard InChI is InChI=1S/C26H30FN3O3/c1-5-9-18-11-6-12-19(23(18)28-3)25(31)29-16-22-17(2)10-8-15-30(22)26(32)20-13-7-14-21(27)24(20)33-4/h5-7,9,11-14,17,22H,3,8,10,15-16H2,1-2,4H3,(H,29,31)/b9-5-/t17-,22?/m1/s1. The fourth-order valence-corrected chi connectivity index (χ4v) is 4.38. The number of rotatable bonds is 7. The summed E-state index contributed by atoms with van der Waals surface area (Å²) in [4.78, 5) is 32.2. The van der Waals surface area contributed by atoms with E-state index in [9.17, 15) is 14.0 Å². The highest BCUT2D eigenvalue weighted by atomic mass is 19.1. The van der Waals surface area contributed by atoms with Gasteiger partial charge in [-0.15, -0.1) is 0 Å². The van der Waals surface area contributed by atoms with Gasteiger partial charge >= 0.3 is 0 Å². The molecule has 0 saturated carbocycles. The van der Waals surface area contributed by atoms with E-state index in [1.165, 1.54) is 19.2 Å². The van der Waals surface area contributed by atoms with E-state index < -0.39 is 5.82 Å². The van der Waals surface area contributed by atoms with Gasteiger partial charge in [0.2, 0.25) is 0 Å². The molecule has 0 aromatic heterocycles. The van der Waals surface area contributed by atoms with Crippen molar-refractivity contribution in [3.63, 3.8) is 0 Å². The summed E-state index contributed by atoms with van der Waals surface area (Å²) in [7, 11) is 1.35. The smallest absolute Gasteiger partial charge is 0.258 e. The number of allylic oxidation sites excluding steroid dienone is 1. The van der Waals surface area contributed by atoms with Crippen molar-refractivity contribution in [3.8, 4) is 5.75 Å². The molecule has 1 heterocycles. The van der Waals surface area contributed by atoms with Gasteiger partial charge in [-0.3, -0.25) is 14.6 Å². The van der Waals surface area contributed by atoms with E-state index in [0.717, 1.165) is 18.4 Å². The first-order chi connectivity index (χ1) is 15.9. The third-order valence-corrected chi connectivity index (χ3v) is 6.07. The maximum atomic E-state index is 14.2. The minimum absolute atomic E-state index is 0.0639. The lowest BCUT2D eigenvalue weighted by molar-refractivity contribution is 0.0503. The Hall–Kier alpha value is -3.48. The third-order valence-electron chi connectivity index (χ3n) is 6.07. The number of aliphatic imine (C=N–C) groups is 1. The van der Waals surface area contributed by atoms with Crippen LogP contribution in [0.4, 0.5) is 10.1 Å². The molecule has 7 heteroatoms. The van der Waals surface area contributed by atoms with E-state index in [1.54, 1.807) is 23.1 Å². The van der Waals surface area contributed by atoms with E-state index in [2.05, 4.69) is 24.0 Å². The van der Waals surface area contributed by atoms with E-state index in [-0.39, 0.29) is 41.6 Å². The Kier molecular flexibility index (Phi) is 7.98. The van der Waals surface area contributed by atoms with Crippen LogP contribution in [0.5, 0.6) is 5.75 Å². The second kappa shape index (κ2) is 10.9. The number of nitrogens with zero attached hydrogens (tertiary/aromatic N) is 2. The van der Waals surface area contributed by atoms with Gasteiger partial charge in [0.15, 0.2) is 11.6 Å². The lowest BCUT2D eigenvalue weighted by atomic mass is 9.90. The number of likely N-dealkylation sites (tertiary alicyclic amines) is 1. The van der Waals surface area contributed by atoms with Crippen LogP contribution >= 0.6 is 0 Å². The Morgan fingerprint density at radius 3 is 2.70 bits per heavy atom. The maximum absolute atomic E-state index is 14.2. The number of benzene rings is 2. The van der Waals surface area contributed by atoms with E-state index in [4.69, 9.17) is 4.74 Å². The van der Waals surface area contributed by atoms with Crippen molar-refractivity contribution in [1.29, 1.82) is 0 Å². The summed E-state index contributed by atoms with van der Waals surface area (Å²) >= 11 is 0. The number of amides is 2. The number of methoxy groups -OCH3 is 1. The van der Waals surface area contributed by atoms with Crippen molar-refractivity contribution in [2.24, 2.45) is 10.9 Å². The van der Waals surface area contributed by atoms with Crippen LogP contribution in [0.25, 0.3) is 6.08 Å². The molecule has 3 rings (SSSR count). The summed E-state index contributed by atoms with van der Waals surface area (Å²) in [5, 5.41) is 2.97. The van der Waals surface area contributed by atoms with Crippen molar-refractivity contribution in [2.75, 3.05) is 20.2 Å². The Morgan fingerprint density at radius 1 is 1.27 bits per heavy atom. The van der Waals surface area contributed by atoms with Gasteiger partial charge in [0, 0.05) is 18.7 Å². The molecule has 2 aromatic rings. The zero-order chi connectivity index (χ0) is 24.0. The SMILES string of the molecule is C=Nc1c(/C=C\C)cccc1C(=O)NCC1[C@H](C)CCCN1C(=O)c1cccc(F)c1OC. The molecule has 6 nitrogen and oxygen atoms in total. The molecule has 0 radical (unpaired) electrons. The molecule has 1 saturated heterocycles. The molecule has 1 fully saturated rings. The topological polar surface area (TPSA) is 71.0 Å². The number of para-hydroxylation sites is 2. The van der Waals surface area contributed by atoms with Gasteiger partial charge < -0.3 is 15.0 Å². The van der Waals surface area contributed by atoms with Crippen molar-refractivity contribution in [2.45, 2.75) is 32.7 Å². The van der Waals surface area contributed by atoms with E-state index >= 15 is 0 Å². The molecule has 2 aromatic carbocycles. The number of halogens is 1. The second-order valence-electron chi connectivity index (χ2n) is 8.12. The average Bonchev–Trinajstić information content (AvgIpc) is 2.82. The van der Waals surface area contributed by atoms with Gasteiger partial charge in [-0.1, -0.05) is 37.3 Å². The van der Waals surface area contributed by atoms with Crippen LogP contribution < -0.4 is 10.1 Å². The normalized spacial score (nSPS) is 18.2. The molecule has 2 amide bonds. The average molecular weight is 452 g/mol. The lowest BCUT2D eigenvalue weighted by Gasteiger charge is -2.40. The molecule has 0 aliphatic carbocycles. The number of carbonyl (C=O) groups is 2. The van der Waals surface area contributed by atoms with E-state index in [0.29, 0.717) is 17.8 Å². The van der Waals surface area contributed by atoms with Crippen LogP contribution in [-0.4, -0.2) is 49.7 Å². The predicted molar refractivity (Wildman–Crippen MR) is 129 cm³/mol. The summed E-state index contributed by atoms with van der Waals surface area (Å²) in [6.45, 7) is 8.36. The molecule has 1 aliphatic rings. The number of piperidine rings is 1. The Morgan fingerprint density at radius 2 is 2.00 bits per heavy atom. The summed E-state index contributed by atoms with van der Waals surface area (Å²) in [5.74, 6) is -1.07. The highest BCUT2D eigenvalue weighted by Gasteiger charge is 2.34. The minimum atomic E-state index is -0.580. The van der Waals surface area contributed by atoms with Gasteiger partial charge in [0.05, 0.1) is 30.0 Å². The summed E-state index contributed by atoms with van der Waals surface area (Å²) < 4.78 is 19.3. The van der Waals surface area contributed by atoms with Crippen LogP contribution in [0, 0.1) is 11.7 Å². The van der Waals surface area contributed by atoms with Crippen molar-refractivity contribution in [1.82, 2.24) is 10.2 Å². The molecule has 0 spiro atoms. The highest BCUT2D eigenvalue weighted by molar-refractivity contribution is 6.01. The summed E-state index contributed by atoms with van der Waals surface area (Å²) in [6, 6.07) is 9.47. The van der Waals surface area contributed by atoms with Crippen molar-refractivity contribution < 1.29 is 18.7 Å². The van der Waals surface area contributed by atoms with Crippen molar-refractivity contribution >= 4 is 30.3 Å². The molecule has 33 heavy (non-hydrogen) atoms. The van der Waals surface area contributed by atoms with E-state index in [1.807, 2.05) is 25.1 Å². The van der Waals surface area contributed by atoms with Crippen LogP contribution in [-0.2, 0) is 0 Å². The third kappa shape index (κ3) is 5.13. The lowest BCUT2D eigenvalue weighted by Crippen LogP contribution is -2.53. The van der Waals surface area contributed by atoms with Gasteiger partial charge in [-0.05, 0) is 50.6 Å². The fraction of sp³-hybridized carbons (Fsp3) is 0.346. The van der Waals surface area contributed by atoms with Gasteiger partial charge in [-0.2, -0.15) is 0 Å². The quantitative estimate of drug-likeness (QED) is 0.611. The highest BCUT2D eigenvalue weighted by Crippen LogP contribution is 2.30. The number of hydrogen-bond acceptors (Lipinski definition) is 4. The first-order valence-corrected chi connectivity index (χ1v) is 11.1. The molecular formula is C26H30FN3O3. The zero-order valence-corrected chi connectivity index (χ0v) is 19.3. The minimum Gasteiger partial charge on any atom is -0.493 e. The Labute approximate surface area is 194 Å².